The first-order valence-corrected chi connectivity index (χ1v) is 6.72. The van der Waals surface area contributed by atoms with E-state index in [1.165, 1.54) is 6.42 Å². The molecule has 1 aliphatic carbocycles. The lowest BCUT2D eigenvalue weighted by atomic mass is 9.76. The van der Waals surface area contributed by atoms with E-state index in [0.29, 0.717) is 0 Å². The molecule has 1 saturated carbocycles. The number of hydrogen-bond acceptors (Lipinski definition) is 4. The van der Waals surface area contributed by atoms with Crippen LogP contribution in [0.2, 0.25) is 0 Å². The zero-order valence-electron chi connectivity index (χ0n) is 10.2. The molecule has 1 aromatic rings. The highest BCUT2D eigenvalue weighted by atomic mass is 32.1. The van der Waals surface area contributed by atoms with Crippen LogP contribution in [0.3, 0.4) is 0 Å². The van der Waals surface area contributed by atoms with Crippen LogP contribution in [-0.2, 0) is 15.9 Å². The Labute approximate surface area is 101 Å². The van der Waals surface area contributed by atoms with Crippen molar-refractivity contribution in [3.8, 4) is 0 Å². The average molecular weight is 240 g/mol. The Morgan fingerprint density at radius 2 is 2.31 bits per heavy atom. The number of hydrogen-bond donors (Lipinski definition) is 1. The molecule has 1 aromatic heterocycles. The Morgan fingerprint density at radius 1 is 1.62 bits per heavy atom. The molecular formula is C12H20N2OS. The molecule has 0 spiro atoms. The first kappa shape index (κ1) is 12.0. The minimum absolute atomic E-state index is 0.156. The molecule has 0 saturated heterocycles. The predicted octanol–water partition coefficient (Wildman–Crippen LogP) is 2.75. The van der Waals surface area contributed by atoms with Gasteiger partial charge in [0, 0.05) is 12.5 Å². The second-order valence-corrected chi connectivity index (χ2v) is 5.69. The molecule has 1 heterocycles. The summed E-state index contributed by atoms with van der Waals surface area (Å²) in [6, 6.07) is 0. The van der Waals surface area contributed by atoms with Gasteiger partial charge in [-0.3, -0.25) is 0 Å². The highest BCUT2D eigenvalue weighted by Crippen LogP contribution is 2.40. The first-order valence-electron chi connectivity index (χ1n) is 5.84. The van der Waals surface area contributed by atoms with Crippen LogP contribution in [-0.4, -0.2) is 12.1 Å². The molecular weight excluding hydrogens is 220 g/mol. The average Bonchev–Trinajstić information content (AvgIpc) is 2.74. The van der Waals surface area contributed by atoms with Gasteiger partial charge in [0.15, 0.2) is 0 Å². The summed E-state index contributed by atoms with van der Waals surface area (Å²) >= 11 is 1.67. The molecule has 4 heteroatoms. The Hall–Kier alpha value is -0.450. The van der Waals surface area contributed by atoms with Crippen molar-refractivity contribution in [1.82, 2.24) is 4.98 Å². The van der Waals surface area contributed by atoms with Crippen LogP contribution >= 0.6 is 11.3 Å². The summed E-state index contributed by atoms with van der Waals surface area (Å²) in [6.45, 7) is 4.20. The zero-order valence-corrected chi connectivity index (χ0v) is 11.1. The molecule has 2 N–H and O–H groups in total. The summed E-state index contributed by atoms with van der Waals surface area (Å²) in [7, 11) is 1.74. The second kappa shape index (κ2) is 4.09. The van der Waals surface area contributed by atoms with Gasteiger partial charge in [-0.05, 0) is 32.6 Å². The number of aromatic nitrogens is 1. The lowest BCUT2D eigenvalue weighted by Crippen LogP contribution is -2.43. The van der Waals surface area contributed by atoms with E-state index in [0.717, 1.165) is 30.0 Å². The highest BCUT2D eigenvalue weighted by molar-refractivity contribution is 7.09. The summed E-state index contributed by atoms with van der Waals surface area (Å²) in [6.07, 6.45) is 4.27. The molecule has 1 atom stereocenters. The maximum atomic E-state index is 6.27. The van der Waals surface area contributed by atoms with Crippen LogP contribution in [0.15, 0.2) is 5.38 Å². The quantitative estimate of drug-likeness (QED) is 0.880. The Balaban J connectivity index is 2.25. The highest BCUT2D eigenvalue weighted by Gasteiger charge is 2.38. The van der Waals surface area contributed by atoms with Crippen LogP contribution in [0.25, 0.3) is 0 Å². The summed E-state index contributed by atoms with van der Waals surface area (Å²) in [5.74, 6) is 0. The standard InChI is InChI=1S/C12H20N2OS/c1-4-11(2,15-3)10-14-9(8-16-10)12(13)6-5-7-12/h8H,4-7,13H2,1-3H3. The molecule has 0 aliphatic heterocycles. The van der Waals surface area contributed by atoms with E-state index in [4.69, 9.17) is 10.5 Å². The third-order valence-electron chi connectivity index (χ3n) is 3.84. The van der Waals surface area contributed by atoms with Gasteiger partial charge in [-0.1, -0.05) is 6.92 Å². The molecule has 3 nitrogen and oxygen atoms in total. The Bertz CT molecular complexity index is 367. The van der Waals surface area contributed by atoms with Crippen molar-refractivity contribution in [3.63, 3.8) is 0 Å². The normalized spacial score (nSPS) is 22.5. The molecule has 0 radical (unpaired) electrons. The van der Waals surface area contributed by atoms with Gasteiger partial charge in [0.2, 0.25) is 0 Å². The molecule has 1 aliphatic rings. The predicted molar refractivity (Wildman–Crippen MR) is 66.5 cm³/mol. The maximum Gasteiger partial charge on any atom is 0.125 e. The molecule has 1 unspecified atom stereocenters. The maximum absolute atomic E-state index is 6.27. The van der Waals surface area contributed by atoms with E-state index in [1.807, 2.05) is 0 Å². The van der Waals surface area contributed by atoms with Crippen LogP contribution in [0.5, 0.6) is 0 Å². The number of rotatable bonds is 4. The number of nitrogens with two attached hydrogens (primary N) is 1. The zero-order chi connectivity index (χ0) is 11.8. The minimum atomic E-state index is -0.261. The van der Waals surface area contributed by atoms with Gasteiger partial charge < -0.3 is 10.5 Å². The SMILES string of the molecule is CCC(C)(OC)c1nc(C2(N)CCC2)cs1. The number of ether oxygens (including phenoxy) is 1. The van der Waals surface area contributed by atoms with Gasteiger partial charge in [0.25, 0.3) is 0 Å². The molecule has 90 valence electrons. The van der Waals surface area contributed by atoms with Crippen LogP contribution in [0.4, 0.5) is 0 Å². The molecule has 0 bridgehead atoms. The van der Waals surface area contributed by atoms with Crippen molar-refractivity contribution in [1.29, 1.82) is 0 Å². The van der Waals surface area contributed by atoms with Gasteiger partial charge >= 0.3 is 0 Å². The second-order valence-electron chi connectivity index (χ2n) is 4.84. The first-order chi connectivity index (χ1) is 7.54. The molecule has 2 rings (SSSR count). The van der Waals surface area contributed by atoms with Crippen molar-refractivity contribution in [2.45, 2.75) is 50.7 Å². The largest absolute Gasteiger partial charge is 0.371 e. The van der Waals surface area contributed by atoms with Crippen molar-refractivity contribution in [2.75, 3.05) is 7.11 Å². The monoisotopic (exact) mass is 240 g/mol. The summed E-state index contributed by atoms with van der Waals surface area (Å²) in [5, 5.41) is 3.14. The summed E-state index contributed by atoms with van der Waals surface area (Å²) in [4.78, 5) is 4.69. The van der Waals surface area contributed by atoms with E-state index < -0.39 is 0 Å². The van der Waals surface area contributed by atoms with Gasteiger partial charge in [-0.2, -0.15) is 0 Å². The lowest BCUT2D eigenvalue weighted by molar-refractivity contribution is -0.00189. The van der Waals surface area contributed by atoms with E-state index in [9.17, 15) is 0 Å². The van der Waals surface area contributed by atoms with Crippen LogP contribution in [0, 0.1) is 0 Å². The molecule has 16 heavy (non-hydrogen) atoms. The third kappa shape index (κ3) is 1.79. The van der Waals surface area contributed by atoms with E-state index >= 15 is 0 Å². The molecule has 0 amide bonds. The van der Waals surface area contributed by atoms with Crippen molar-refractivity contribution in [3.05, 3.63) is 16.1 Å². The van der Waals surface area contributed by atoms with E-state index in [1.54, 1.807) is 18.4 Å². The molecule has 1 fully saturated rings. The number of nitrogens with zero attached hydrogens (tertiary/aromatic N) is 1. The Morgan fingerprint density at radius 3 is 2.75 bits per heavy atom. The van der Waals surface area contributed by atoms with Crippen molar-refractivity contribution >= 4 is 11.3 Å². The van der Waals surface area contributed by atoms with E-state index in [-0.39, 0.29) is 11.1 Å². The summed E-state index contributed by atoms with van der Waals surface area (Å²) < 4.78 is 5.56. The number of thiazole rings is 1. The van der Waals surface area contributed by atoms with Crippen molar-refractivity contribution in [2.24, 2.45) is 5.73 Å². The van der Waals surface area contributed by atoms with Crippen LogP contribution < -0.4 is 5.73 Å². The van der Waals surface area contributed by atoms with Crippen LogP contribution in [0.1, 0.15) is 50.2 Å². The fourth-order valence-electron chi connectivity index (χ4n) is 1.94. The Kier molecular flexibility index (Phi) is 3.07. The molecule has 0 aromatic carbocycles. The fourth-order valence-corrected chi connectivity index (χ4v) is 3.08. The van der Waals surface area contributed by atoms with E-state index in [2.05, 4.69) is 24.2 Å². The van der Waals surface area contributed by atoms with Gasteiger partial charge in [-0.25, -0.2) is 4.98 Å². The van der Waals surface area contributed by atoms with Gasteiger partial charge in [-0.15, -0.1) is 11.3 Å². The smallest absolute Gasteiger partial charge is 0.125 e. The van der Waals surface area contributed by atoms with Gasteiger partial charge in [0.05, 0.1) is 11.2 Å². The minimum Gasteiger partial charge on any atom is -0.371 e. The summed E-state index contributed by atoms with van der Waals surface area (Å²) in [5.41, 5.74) is 6.90. The lowest BCUT2D eigenvalue weighted by Gasteiger charge is -2.36. The third-order valence-corrected chi connectivity index (χ3v) is 4.93. The van der Waals surface area contributed by atoms with Crippen molar-refractivity contribution < 1.29 is 4.74 Å². The number of methoxy groups -OCH3 is 1. The topological polar surface area (TPSA) is 48.1 Å². The fraction of sp³-hybridized carbons (Fsp3) is 0.750. The van der Waals surface area contributed by atoms with Gasteiger partial charge in [0.1, 0.15) is 10.6 Å².